The van der Waals surface area contributed by atoms with Crippen molar-refractivity contribution < 1.29 is 19.1 Å². The molecule has 8 heteroatoms. The Labute approximate surface area is 149 Å². The highest BCUT2D eigenvalue weighted by atomic mass is 16.5. The largest absolute Gasteiger partial charge is 0.497 e. The van der Waals surface area contributed by atoms with Crippen LogP contribution in [0.1, 0.15) is 10.5 Å². The summed E-state index contributed by atoms with van der Waals surface area (Å²) in [5.41, 5.74) is 1.45. The number of ether oxygens (including phenoxy) is 2. The van der Waals surface area contributed by atoms with Crippen LogP contribution in [0.3, 0.4) is 0 Å². The van der Waals surface area contributed by atoms with Crippen molar-refractivity contribution in [3.05, 3.63) is 48.2 Å². The fraction of sp³-hybridized carbons (Fsp3) is 0.167. The normalized spacial score (nSPS) is 10.4. The molecular formula is C18H18N4O4. The number of methoxy groups -OCH3 is 2. The van der Waals surface area contributed by atoms with Gasteiger partial charge in [-0.3, -0.25) is 14.7 Å². The first-order chi connectivity index (χ1) is 12.6. The number of carbonyl (C=O) groups excluding carboxylic acids is 2. The average Bonchev–Trinajstić information content (AvgIpc) is 3.10. The Hall–Kier alpha value is -3.55. The Kier molecular flexibility index (Phi) is 5.02. The maximum atomic E-state index is 12.3. The molecule has 0 aliphatic rings. The van der Waals surface area contributed by atoms with E-state index in [9.17, 15) is 9.59 Å². The zero-order chi connectivity index (χ0) is 18.5. The molecule has 2 aromatic carbocycles. The number of para-hydroxylation sites is 1. The van der Waals surface area contributed by atoms with E-state index < -0.39 is 11.8 Å². The fourth-order valence-electron chi connectivity index (χ4n) is 2.49. The predicted octanol–water partition coefficient (Wildman–Crippen LogP) is 1.95. The van der Waals surface area contributed by atoms with Crippen molar-refractivity contribution in [3.63, 3.8) is 0 Å². The molecule has 3 aromatic rings. The molecule has 26 heavy (non-hydrogen) atoms. The maximum absolute atomic E-state index is 12.3. The molecule has 0 unspecified atom stereocenters. The number of H-pyrrole nitrogens is 1. The van der Waals surface area contributed by atoms with Gasteiger partial charge < -0.3 is 20.1 Å². The van der Waals surface area contributed by atoms with Crippen molar-refractivity contribution >= 4 is 28.4 Å². The van der Waals surface area contributed by atoms with Crippen molar-refractivity contribution in [2.24, 2.45) is 0 Å². The summed E-state index contributed by atoms with van der Waals surface area (Å²) in [4.78, 5) is 24.4. The maximum Gasteiger partial charge on any atom is 0.272 e. The standard InChI is InChI=1S/C18H18N4O4/c1-25-11-7-8-15(26-2)14(9-11)20-16(23)10-19-18(24)17-12-5-3-4-6-13(12)21-22-17/h3-9H,10H2,1-2H3,(H,19,24)(H,20,23)(H,21,22). The topological polar surface area (TPSA) is 105 Å². The second kappa shape index (κ2) is 7.56. The zero-order valence-corrected chi connectivity index (χ0v) is 14.3. The van der Waals surface area contributed by atoms with Crippen LogP contribution in [0.2, 0.25) is 0 Å². The van der Waals surface area contributed by atoms with Crippen LogP contribution in [-0.2, 0) is 4.79 Å². The molecule has 0 bridgehead atoms. The SMILES string of the molecule is COc1ccc(OC)c(NC(=O)CNC(=O)c2n[nH]c3ccccc23)c1. The minimum atomic E-state index is -0.435. The lowest BCUT2D eigenvalue weighted by atomic mass is 10.2. The number of aromatic nitrogens is 2. The van der Waals surface area contributed by atoms with E-state index in [-0.39, 0.29) is 12.2 Å². The van der Waals surface area contributed by atoms with Crippen LogP contribution in [0.15, 0.2) is 42.5 Å². The lowest BCUT2D eigenvalue weighted by Crippen LogP contribution is -2.33. The van der Waals surface area contributed by atoms with Crippen LogP contribution >= 0.6 is 0 Å². The lowest BCUT2D eigenvalue weighted by Gasteiger charge is -2.12. The summed E-state index contributed by atoms with van der Waals surface area (Å²) < 4.78 is 10.3. The van der Waals surface area contributed by atoms with Gasteiger partial charge in [-0.05, 0) is 18.2 Å². The van der Waals surface area contributed by atoms with Crippen LogP contribution in [0.25, 0.3) is 10.9 Å². The molecule has 1 heterocycles. The van der Waals surface area contributed by atoms with Crippen LogP contribution in [0, 0.1) is 0 Å². The Bertz CT molecular complexity index is 951. The molecule has 134 valence electrons. The Morgan fingerprint density at radius 1 is 1.12 bits per heavy atom. The fourth-order valence-corrected chi connectivity index (χ4v) is 2.49. The van der Waals surface area contributed by atoms with Crippen molar-refractivity contribution in [1.82, 2.24) is 15.5 Å². The average molecular weight is 354 g/mol. The summed E-state index contributed by atoms with van der Waals surface area (Å²) in [6.45, 7) is -0.208. The number of anilines is 1. The number of amides is 2. The highest BCUT2D eigenvalue weighted by Gasteiger charge is 2.15. The van der Waals surface area contributed by atoms with E-state index in [1.54, 1.807) is 24.3 Å². The molecule has 0 atom stereocenters. The van der Waals surface area contributed by atoms with Crippen LogP contribution in [0.5, 0.6) is 11.5 Å². The Morgan fingerprint density at radius 2 is 1.92 bits per heavy atom. The quantitative estimate of drug-likeness (QED) is 0.627. The molecule has 0 aliphatic heterocycles. The highest BCUT2D eigenvalue weighted by molar-refractivity contribution is 6.06. The van der Waals surface area contributed by atoms with Gasteiger partial charge in [0.05, 0.1) is 32.0 Å². The first-order valence-electron chi connectivity index (χ1n) is 7.85. The van der Waals surface area contributed by atoms with E-state index >= 15 is 0 Å². The van der Waals surface area contributed by atoms with Gasteiger partial charge in [-0.15, -0.1) is 0 Å². The second-order valence-corrected chi connectivity index (χ2v) is 5.41. The van der Waals surface area contributed by atoms with Gasteiger partial charge in [-0.1, -0.05) is 18.2 Å². The summed E-state index contributed by atoms with van der Waals surface area (Å²) in [7, 11) is 3.03. The third-order valence-corrected chi connectivity index (χ3v) is 3.78. The van der Waals surface area contributed by atoms with Gasteiger partial charge in [0, 0.05) is 11.5 Å². The van der Waals surface area contributed by atoms with Crippen molar-refractivity contribution in [3.8, 4) is 11.5 Å². The molecule has 8 nitrogen and oxygen atoms in total. The zero-order valence-electron chi connectivity index (χ0n) is 14.3. The summed E-state index contributed by atoms with van der Waals surface area (Å²) in [6, 6.07) is 12.3. The minimum Gasteiger partial charge on any atom is -0.497 e. The lowest BCUT2D eigenvalue weighted by molar-refractivity contribution is -0.115. The number of nitrogens with one attached hydrogen (secondary N) is 3. The van der Waals surface area contributed by atoms with Crippen LogP contribution in [0.4, 0.5) is 5.69 Å². The molecular weight excluding hydrogens is 336 g/mol. The van der Waals surface area contributed by atoms with E-state index in [1.807, 2.05) is 18.2 Å². The summed E-state index contributed by atoms with van der Waals surface area (Å²) in [5.74, 6) is 0.233. The number of nitrogens with zero attached hydrogens (tertiary/aromatic N) is 1. The molecule has 0 spiro atoms. The first kappa shape index (κ1) is 17.3. The molecule has 0 radical (unpaired) electrons. The van der Waals surface area contributed by atoms with E-state index in [2.05, 4.69) is 20.8 Å². The van der Waals surface area contributed by atoms with E-state index in [0.717, 1.165) is 5.52 Å². The summed E-state index contributed by atoms with van der Waals surface area (Å²) in [6.07, 6.45) is 0. The molecule has 3 N–H and O–H groups in total. The number of hydrogen-bond donors (Lipinski definition) is 3. The smallest absolute Gasteiger partial charge is 0.272 e. The number of rotatable bonds is 6. The van der Waals surface area contributed by atoms with Gasteiger partial charge in [0.1, 0.15) is 11.5 Å². The molecule has 0 saturated heterocycles. The molecule has 1 aromatic heterocycles. The predicted molar refractivity (Wildman–Crippen MR) is 96.6 cm³/mol. The van der Waals surface area contributed by atoms with E-state index in [4.69, 9.17) is 9.47 Å². The van der Waals surface area contributed by atoms with Gasteiger partial charge in [0.15, 0.2) is 5.69 Å². The van der Waals surface area contributed by atoms with Crippen LogP contribution < -0.4 is 20.1 Å². The third kappa shape index (κ3) is 3.59. The van der Waals surface area contributed by atoms with Gasteiger partial charge >= 0.3 is 0 Å². The number of hydrogen-bond acceptors (Lipinski definition) is 5. The van der Waals surface area contributed by atoms with Gasteiger partial charge in [0.25, 0.3) is 5.91 Å². The molecule has 0 aliphatic carbocycles. The van der Waals surface area contributed by atoms with Crippen molar-refractivity contribution in [1.29, 1.82) is 0 Å². The summed E-state index contributed by atoms with van der Waals surface area (Å²) >= 11 is 0. The number of benzene rings is 2. The number of aromatic amines is 1. The molecule has 2 amide bonds. The molecule has 0 fully saturated rings. The Morgan fingerprint density at radius 3 is 2.69 bits per heavy atom. The van der Waals surface area contributed by atoms with E-state index in [1.165, 1.54) is 14.2 Å². The second-order valence-electron chi connectivity index (χ2n) is 5.41. The van der Waals surface area contributed by atoms with Gasteiger partial charge in [0.2, 0.25) is 5.91 Å². The van der Waals surface area contributed by atoms with Crippen molar-refractivity contribution in [2.45, 2.75) is 0 Å². The molecule has 0 saturated carbocycles. The third-order valence-electron chi connectivity index (χ3n) is 3.78. The Balaban J connectivity index is 1.65. The van der Waals surface area contributed by atoms with Gasteiger partial charge in [-0.2, -0.15) is 5.10 Å². The first-order valence-corrected chi connectivity index (χ1v) is 7.85. The number of fused-ring (bicyclic) bond motifs is 1. The monoisotopic (exact) mass is 354 g/mol. The van der Waals surface area contributed by atoms with Crippen molar-refractivity contribution in [2.75, 3.05) is 26.1 Å². The van der Waals surface area contributed by atoms with Crippen LogP contribution in [-0.4, -0.2) is 42.8 Å². The van der Waals surface area contributed by atoms with E-state index in [0.29, 0.717) is 22.6 Å². The highest BCUT2D eigenvalue weighted by Crippen LogP contribution is 2.28. The molecule has 3 rings (SSSR count). The van der Waals surface area contributed by atoms with Gasteiger partial charge in [-0.25, -0.2) is 0 Å². The number of carbonyl (C=O) groups is 2. The minimum absolute atomic E-state index is 0.208. The summed E-state index contributed by atoms with van der Waals surface area (Å²) in [5, 5.41) is 12.7.